The molecule has 3 aliphatic carbocycles. The lowest BCUT2D eigenvalue weighted by molar-refractivity contribution is -0.153. The van der Waals surface area contributed by atoms with Gasteiger partial charge in [-0.15, -0.1) is 0 Å². The Morgan fingerprint density at radius 2 is 1.43 bits per heavy atom. The second kappa shape index (κ2) is 11.6. The van der Waals surface area contributed by atoms with Gasteiger partial charge in [0, 0.05) is 6.42 Å². The number of ether oxygens (including phenoxy) is 1. The molecule has 162 valence electrons. The van der Waals surface area contributed by atoms with E-state index in [1.165, 1.54) is 83.5 Å². The molecule has 4 unspecified atom stereocenters. The van der Waals surface area contributed by atoms with E-state index in [0.717, 1.165) is 48.9 Å². The van der Waals surface area contributed by atoms with Crippen molar-refractivity contribution < 1.29 is 9.53 Å². The number of hydrogen-bond donors (Lipinski definition) is 0. The monoisotopic (exact) mass is 390 g/mol. The Labute approximate surface area is 174 Å². The molecule has 3 saturated carbocycles. The van der Waals surface area contributed by atoms with Crippen molar-refractivity contribution in [2.75, 3.05) is 0 Å². The first-order valence-corrected chi connectivity index (χ1v) is 12.9. The summed E-state index contributed by atoms with van der Waals surface area (Å²) in [5.74, 6) is 4.87. The highest BCUT2D eigenvalue weighted by Gasteiger charge is 2.44. The van der Waals surface area contributed by atoms with Crippen LogP contribution in [0.15, 0.2) is 0 Å². The molecule has 0 aromatic rings. The maximum absolute atomic E-state index is 12.3. The maximum Gasteiger partial charge on any atom is 0.306 e. The molecule has 0 bridgehead atoms. The van der Waals surface area contributed by atoms with Gasteiger partial charge in [-0.2, -0.15) is 0 Å². The summed E-state index contributed by atoms with van der Waals surface area (Å²) in [7, 11) is 0. The summed E-state index contributed by atoms with van der Waals surface area (Å²) < 4.78 is 5.91. The Hall–Kier alpha value is -0.530. The summed E-state index contributed by atoms with van der Waals surface area (Å²) in [6.45, 7) is 4.59. The summed E-state index contributed by atoms with van der Waals surface area (Å²) in [6.07, 6.45) is 22.0. The number of hydrogen-bond acceptors (Lipinski definition) is 2. The molecule has 0 amide bonds. The average Bonchev–Trinajstić information content (AvgIpc) is 2.70. The van der Waals surface area contributed by atoms with E-state index in [0.29, 0.717) is 6.42 Å². The van der Waals surface area contributed by atoms with Crippen LogP contribution >= 0.6 is 0 Å². The van der Waals surface area contributed by atoms with Gasteiger partial charge in [-0.1, -0.05) is 65.2 Å². The molecule has 0 saturated heterocycles. The van der Waals surface area contributed by atoms with Crippen LogP contribution in [0.1, 0.15) is 123 Å². The zero-order valence-electron chi connectivity index (χ0n) is 18.8. The van der Waals surface area contributed by atoms with Crippen LogP contribution in [0, 0.1) is 29.6 Å². The molecule has 3 aliphatic rings. The van der Waals surface area contributed by atoms with Crippen LogP contribution in [0.4, 0.5) is 0 Å². The van der Waals surface area contributed by atoms with E-state index in [1.54, 1.807) is 0 Å². The van der Waals surface area contributed by atoms with E-state index in [1.807, 2.05) is 0 Å². The first-order chi connectivity index (χ1) is 13.7. The van der Waals surface area contributed by atoms with Crippen LogP contribution in [0.5, 0.6) is 0 Å². The Kier molecular flexibility index (Phi) is 9.18. The molecule has 2 nitrogen and oxygen atoms in total. The van der Waals surface area contributed by atoms with E-state index < -0.39 is 0 Å². The van der Waals surface area contributed by atoms with Gasteiger partial charge in [0.25, 0.3) is 0 Å². The number of rotatable bonds is 10. The number of carbonyl (C=O) groups is 1. The minimum atomic E-state index is 0.0766. The third kappa shape index (κ3) is 6.23. The minimum Gasteiger partial charge on any atom is -0.462 e. The van der Waals surface area contributed by atoms with E-state index in [4.69, 9.17) is 4.74 Å². The Morgan fingerprint density at radius 3 is 2.18 bits per heavy atom. The summed E-state index contributed by atoms with van der Waals surface area (Å²) in [6, 6.07) is 0. The molecule has 0 heterocycles. The first-order valence-electron chi connectivity index (χ1n) is 12.9. The van der Waals surface area contributed by atoms with Crippen molar-refractivity contribution in [1.29, 1.82) is 0 Å². The van der Waals surface area contributed by atoms with Crippen molar-refractivity contribution in [3.63, 3.8) is 0 Å². The quantitative estimate of drug-likeness (QED) is 0.282. The highest BCUT2D eigenvalue weighted by molar-refractivity contribution is 5.69. The summed E-state index contributed by atoms with van der Waals surface area (Å²) in [5, 5.41) is 0. The zero-order valence-corrected chi connectivity index (χ0v) is 18.8. The highest BCUT2D eigenvalue weighted by Crippen LogP contribution is 2.53. The average molecular weight is 391 g/mol. The summed E-state index contributed by atoms with van der Waals surface area (Å²) in [4.78, 5) is 12.3. The van der Waals surface area contributed by atoms with Gasteiger partial charge in [0.15, 0.2) is 0 Å². The Morgan fingerprint density at radius 1 is 0.750 bits per heavy atom. The lowest BCUT2D eigenvalue weighted by atomic mass is 9.56. The van der Waals surface area contributed by atoms with Crippen LogP contribution in [0.25, 0.3) is 0 Å². The van der Waals surface area contributed by atoms with Gasteiger partial charge in [-0.25, -0.2) is 0 Å². The predicted molar refractivity (Wildman–Crippen MR) is 117 cm³/mol. The van der Waals surface area contributed by atoms with E-state index in [9.17, 15) is 4.79 Å². The topological polar surface area (TPSA) is 26.3 Å². The molecule has 2 heteroatoms. The van der Waals surface area contributed by atoms with Crippen LogP contribution in [-0.4, -0.2) is 12.1 Å². The number of unbranched alkanes of at least 4 members (excludes halogenated alkanes) is 5. The normalized spacial score (nSPS) is 35.1. The van der Waals surface area contributed by atoms with Gasteiger partial charge in [-0.3, -0.25) is 4.79 Å². The lowest BCUT2D eigenvalue weighted by Gasteiger charge is -2.50. The van der Waals surface area contributed by atoms with Crippen molar-refractivity contribution in [2.45, 2.75) is 129 Å². The van der Waals surface area contributed by atoms with E-state index >= 15 is 0 Å². The number of esters is 1. The number of fused-ring (bicyclic) bond motifs is 3. The largest absolute Gasteiger partial charge is 0.462 e. The van der Waals surface area contributed by atoms with Crippen LogP contribution in [0.2, 0.25) is 0 Å². The molecule has 0 spiro atoms. The van der Waals surface area contributed by atoms with Crippen LogP contribution in [0.3, 0.4) is 0 Å². The maximum atomic E-state index is 12.3. The molecule has 0 aliphatic heterocycles. The summed E-state index contributed by atoms with van der Waals surface area (Å²) >= 11 is 0. The third-order valence-corrected chi connectivity index (χ3v) is 8.33. The van der Waals surface area contributed by atoms with Gasteiger partial charge >= 0.3 is 5.97 Å². The Bertz CT molecular complexity index is 459. The molecule has 3 fully saturated rings. The Balaban J connectivity index is 1.36. The van der Waals surface area contributed by atoms with E-state index in [-0.39, 0.29) is 12.1 Å². The second-order valence-corrected chi connectivity index (χ2v) is 10.3. The van der Waals surface area contributed by atoms with Gasteiger partial charge < -0.3 is 4.74 Å². The fourth-order valence-electron chi connectivity index (χ4n) is 6.92. The van der Waals surface area contributed by atoms with Crippen molar-refractivity contribution in [3.05, 3.63) is 0 Å². The molecule has 28 heavy (non-hydrogen) atoms. The zero-order chi connectivity index (χ0) is 19.8. The van der Waals surface area contributed by atoms with Crippen molar-refractivity contribution in [3.8, 4) is 0 Å². The lowest BCUT2D eigenvalue weighted by Crippen LogP contribution is -2.43. The molecule has 3 rings (SSSR count). The fraction of sp³-hybridized carbons (Fsp3) is 0.962. The standard InChI is InChI=1S/C26H46O2/c1-3-5-6-7-8-9-11-26(27)28-23-15-17-25-22(19-23)14-13-21-18-20(10-4-2)12-16-24(21)25/h20-25H,3-19H2,1-2H3/t20-,21?,22?,23-,24?,25?/m0/s1. The molecule has 6 atom stereocenters. The summed E-state index contributed by atoms with van der Waals surface area (Å²) in [5.41, 5.74) is 0. The van der Waals surface area contributed by atoms with Crippen molar-refractivity contribution in [1.82, 2.24) is 0 Å². The van der Waals surface area contributed by atoms with Gasteiger partial charge in [0.05, 0.1) is 0 Å². The van der Waals surface area contributed by atoms with Crippen molar-refractivity contribution >= 4 is 5.97 Å². The molecule has 0 N–H and O–H groups in total. The highest BCUT2D eigenvalue weighted by atomic mass is 16.5. The molecular formula is C26H46O2. The smallest absolute Gasteiger partial charge is 0.306 e. The minimum absolute atomic E-state index is 0.0766. The SMILES string of the molecule is CCCCCCCCC(=O)O[C@H]1CCC2C(CCC3C[C@@H](CCC)CCC32)C1. The molecule has 0 radical (unpaired) electrons. The third-order valence-electron chi connectivity index (χ3n) is 8.33. The predicted octanol–water partition coefficient (Wildman–Crippen LogP) is 7.69. The van der Waals surface area contributed by atoms with Gasteiger partial charge in [0.1, 0.15) is 6.10 Å². The van der Waals surface area contributed by atoms with Crippen LogP contribution < -0.4 is 0 Å². The van der Waals surface area contributed by atoms with E-state index in [2.05, 4.69) is 13.8 Å². The van der Waals surface area contributed by atoms with Gasteiger partial charge in [0.2, 0.25) is 0 Å². The van der Waals surface area contributed by atoms with Crippen LogP contribution in [-0.2, 0) is 9.53 Å². The first kappa shape index (κ1) is 22.2. The fourth-order valence-corrected chi connectivity index (χ4v) is 6.92. The second-order valence-electron chi connectivity index (χ2n) is 10.3. The number of carbonyl (C=O) groups excluding carboxylic acids is 1. The van der Waals surface area contributed by atoms with Crippen molar-refractivity contribution in [2.24, 2.45) is 29.6 Å². The molecule has 0 aromatic carbocycles. The van der Waals surface area contributed by atoms with Gasteiger partial charge in [-0.05, 0) is 81.0 Å². The molecular weight excluding hydrogens is 344 g/mol. The molecule has 0 aromatic heterocycles.